The van der Waals surface area contributed by atoms with Crippen LogP contribution in [-0.2, 0) is 17.8 Å². The monoisotopic (exact) mass is 447 g/mol. The predicted molar refractivity (Wildman–Crippen MR) is 125 cm³/mol. The van der Waals surface area contributed by atoms with Gasteiger partial charge in [0.1, 0.15) is 17.9 Å². The number of ether oxygens (including phenoxy) is 2. The molecule has 0 saturated carbocycles. The molecule has 0 fully saturated rings. The molecule has 1 aliphatic carbocycles. The summed E-state index contributed by atoms with van der Waals surface area (Å²) < 4.78 is 11.0. The number of benzene rings is 2. The number of carbonyl (C=O) groups is 1. The van der Waals surface area contributed by atoms with Crippen LogP contribution in [0.4, 0.5) is 0 Å². The molecule has 5 nitrogen and oxygen atoms in total. The molecule has 0 radical (unpaired) electrons. The molecule has 1 aliphatic rings. The van der Waals surface area contributed by atoms with Crippen LogP contribution in [0.15, 0.2) is 42.5 Å². The van der Waals surface area contributed by atoms with Gasteiger partial charge in [0.05, 0.1) is 13.2 Å². The number of carbonyl (C=O) groups excluding carboxylic acids is 1. The molecule has 3 rings (SSSR count). The Morgan fingerprint density at radius 3 is 2.42 bits per heavy atom. The van der Waals surface area contributed by atoms with Gasteiger partial charge in [0.25, 0.3) is 0 Å². The van der Waals surface area contributed by atoms with E-state index in [2.05, 4.69) is 18.7 Å². The zero-order valence-electron chi connectivity index (χ0n) is 18.7. The van der Waals surface area contributed by atoms with Gasteiger partial charge >= 0.3 is 5.97 Å². The number of fused-ring (bicyclic) bond motifs is 1. The molecule has 0 heterocycles. The lowest BCUT2D eigenvalue weighted by molar-refractivity contribution is 0.0355. The van der Waals surface area contributed by atoms with Gasteiger partial charge in [0.2, 0.25) is 0 Å². The third kappa shape index (κ3) is 6.00. The highest BCUT2D eigenvalue weighted by atomic mass is 35.5. The minimum atomic E-state index is -0.626. The van der Waals surface area contributed by atoms with Crippen molar-refractivity contribution in [2.75, 3.05) is 20.2 Å². The number of aliphatic hydroxyl groups excluding tert-OH is 1. The van der Waals surface area contributed by atoms with Crippen molar-refractivity contribution in [1.29, 1.82) is 0 Å². The highest BCUT2D eigenvalue weighted by molar-refractivity contribution is 5.93. The van der Waals surface area contributed by atoms with Gasteiger partial charge in [-0.15, -0.1) is 12.4 Å². The summed E-state index contributed by atoms with van der Waals surface area (Å²) in [4.78, 5) is 14.8. The number of rotatable bonds is 9. The molecule has 0 saturated heterocycles. The maximum atomic E-state index is 12.5. The lowest BCUT2D eigenvalue weighted by atomic mass is 9.83. The van der Waals surface area contributed by atoms with E-state index in [0.717, 1.165) is 55.5 Å². The van der Waals surface area contributed by atoms with Gasteiger partial charge in [-0.1, -0.05) is 44.2 Å². The molecule has 2 unspecified atom stereocenters. The van der Waals surface area contributed by atoms with Gasteiger partial charge in [-0.3, -0.25) is 4.90 Å². The van der Waals surface area contributed by atoms with E-state index in [-0.39, 0.29) is 18.4 Å². The Kier molecular flexibility index (Phi) is 9.82. The van der Waals surface area contributed by atoms with Crippen molar-refractivity contribution >= 4 is 18.4 Å². The van der Waals surface area contributed by atoms with Crippen LogP contribution in [0.5, 0.6) is 5.75 Å². The number of methoxy groups -OCH3 is 1. The summed E-state index contributed by atoms with van der Waals surface area (Å²) in [7, 11) is 1.37. The SMILES string of the molecule is CCCN(CCC)C1CCc2cc(OCc3ccccc3)c(C(=O)OC)cc2C1O.Cl. The molecule has 6 heteroatoms. The number of esters is 1. The molecule has 170 valence electrons. The maximum absolute atomic E-state index is 12.5. The fourth-order valence-corrected chi connectivity index (χ4v) is 4.32. The van der Waals surface area contributed by atoms with E-state index in [0.29, 0.717) is 17.9 Å². The van der Waals surface area contributed by atoms with Crippen molar-refractivity contribution in [2.45, 2.75) is 58.3 Å². The Balaban J connectivity index is 0.00000341. The van der Waals surface area contributed by atoms with Gasteiger partial charge in [0, 0.05) is 6.04 Å². The summed E-state index contributed by atoms with van der Waals surface area (Å²) in [6.07, 6.45) is 3.22. The largest absolute Gasteiger partial charge is 0.488 e. The van der Waals surface area contributed by atoms with Crippen LogP contribution in [0.1, 0.15) is 66.3 Å². The summed E-state index contributed by atoms with van der Waals surface area (Å²) in [5.74, 6) is 0.0585. The molecular formula is C25H34ClNO4. The Morgan fingerprint density at radius 1 is 1.13 bits per heavy atom. The predicted octanol–water partition coefficient (Wildman–Crippen LogP) is 4.94. The lowest BCUT2D eigenvalue weighted by Gasteiger charge is -2.39. The molecule has 0 amide bonds. The third-order valence-electron chi connectivity index (χ3n) is 5.77. The van der Waals surface area contributed by atoms with E-state index in [1.54, 1.807) is 6.07 Å². The van der Waals surface area contributed by atoms with E-state index in [1.165, 1.54) is 7.11 Å². The number of aliphatic hydroxyl groups is 1. The molecule has 0 aromatic heterocycles. The summed E-state index contributed by atoms with van der Waals surface area (Å²) in [5, 5.41) is 11.2. The highest BCUT2D eigenvalue weighted by Crippen LogP contribution is 2.37. The van der Waals surface area contributed by atoms with Crippen LogP contribution in [-0.4, -0.2) is 42.2 Å². The van der Waals surface area contributed by atoms with Crippen molar-refractivity contribution in [3.05, 3.63) is 64.7 Å². The van der Waals surface area contributed by atoms with Crippen molar-refractivity contribution < 1.29 is 19.4 Å². The number of aryl methyl sites for hydroxylation is 1. The van der Waals surface area contributed by atoms with Gasteiger partial charge in [-0.05, 0) is 67.6 Å². The standard InChI is InChI=1S/C25H33NO4.ClH/c1-4-13-26(14-5-2)22-12-11-19-15-23(30-17-18-9-7-6-8-10-18)21(25(28)29-3)16-20(19)24(22)27;/h6-10,15-16,22,24,27H,4-5,11-14,17H2,1-3H3;1H. The second kappa shape index (κ2) is 12.1. The van der Waals surface area contributed by atoms with E-state index >= 15 is 0 Å². The minimum absolute atomic E-state index is 0. The molecule has 1 N–H and O–H groups in total. The van der Waals surface area contributed by atoms with Crippen LogP contribution >= 0.6 is 12.4 Å². The van der Waals surface area contributed by atoms with Gasteiger partial charge < -0.3 is 14.6 Å². The third-order valence-corrected chi connectivity index (χ3v) is 5.77. The number of hydrogen-bond acceptors (Lipinski definition) is 5. The Bertz CT molecular complexity index is 837. The van der Waals surface area contributed by atoms with Crippen LogP contribution in [0.25, 0.3) is 0 Å². The van der Waals surface area contributed by atoms with E-state index < -0.39 is 12.1 Å². The molecule has 2 aromatic rings. The number of nitrogens with zero attached hydrogens (tertiary/aromatic N) is 1. The van der Waals surface area contributed by atoms with E-state index in [1.807, 2.05) is 36.4 Å². The summed E-state index contributed by atoms with van der Waals surface area (Å²) in [6.45, 7) is 6.63. The molecule has 2 atom stereocenters. The first-order valence-electron chi connectivity index (χ1n) is 10.9. The Labute approximate surface area is 191 Å². The average molecular weight is 448 g/mol. The Morgan fingerprint density at radius 2 is 1.81 bits per heavy atom. The maximum Gasteiger partial charge on any atom is 0.341 e. The molecule has 31 heavy (non-hydrogen) atoms. The first-order valence-corrected chi connectivity index (χ1v) is 10.9. The number of halogens is 1. The van der Waals surface area contributed by atoms with Crippen LogP contribution in [0, 0.1) is 0 Å². The first-order chi connectivity index (χ1) is 14.6. The van der Waals surface area contributed by atoms with Crippen molar-refractivity contribution in [3.8, 4) is 5.75 Å². The Hall–Kier alpha value is -2.08. The topological polar surface area (TPSA) is 59.0 Å². The number of hydrogen-bond donors (Lipinski definition) is 1. The van der Waals surface area contributed by atoms with Crippen molar-refractivity contribution in [1.82, 2.24) is 4.90 Å². The van der Waals surface area contributed by atoms with Gasteiger partial charge in [0.15, 0.2) is 0 Å². The van der Waals surface area contributed by atoms with Gasteiger partial charge in [-0.25, -0.2) is 4.79 Å². The fourth-order valence-electron chi connectivity index (χ4n) is 4.32. The molecule has 0 spiro atoms. The normalized spacial score (nSPS) is 17.6. The van der Waals surface area contributed by atoms with Crippen molar-refractivity contribution in [2.24, 2.45) is 0 Å². The molecule has 0 aliphatic heterocycles. The van der Waals surface area contributed by atoms with Crippen LogP contribution in [0.3, 0.4) is 0 Å². The first kappa shape index (κ1) is 25.2. The summed E-state index contributed by atoms with van der Waals surface area (Å²) in [5.41, 5.74) is 3.25. The molecular weight excluding hydrogens is 414 g/mol. The second-order valence-electron chi connectivity index (χ2n) is 7.90. The smallest absolute Gasteiger partial charge is 0.341 e. The molecule has 0 bridgehead atoms. The lowest BCUT2D eigenvalue weighted by Crippen LogP contribution is -2.43. The zero-order chi connectivity index (χ0) is 21.5. The second-order valence-corrected chi connectivity index (χ2v) is 7.90. The highest BCUT2D eigenvalue weighted by Gasteiger charge is 2.33. The summed E-state index contributed by atoms with van der Waals surface area (Å²) in [6, 6.07) is 13.6. The fraction of sp³-hybridized carbons (Fsp3) is 0.480. The minimum Gasteiger partial charge on any atom is -0.488 e. The van der Waals surface area contributed by atoms with E-state index in [4.69, 9.17) is 9.47 Å². The van der Waals surface area contributed by atoms with E-state index in [9.17, 15) is 9.90 Å². The zero-order valence-corrected chi connectivity index (χ0v) is 19.5. The van der Waals surface area contributed by atoms with Gasteiger partial charge in [-0.2, -0.15) is 0 Å². The average Bonchev–Trinajstić information content (AvgIpc) is 2.77. The van der Waals surface area contributed by atoms with Crippen molar-refractivity contribution in [3.63, 3.8) is 0 Å². The summed E-state index contributed by atoms with van der Waals surface area (Å²) >= 11 is 0. The quantitative estimate of drug-likeness (QED) is 0.551. The van der Waals surface area contributed by atoms with Crippen LogP contribution in [0.2, 0.25) is 0 Å². The van der Waals surface area contributed by atoms with Crippen LogP contribution < -0.4 is 4.74 Å². The molecule has 2 aromatic carbocycles.